The molecule has 0 aromatic rings. The van der Waals surface area contributed by atoms with Crippen LogP contribution in [0.25, 0.3) is 0 Å². The van der Waals surface area contributed by atoms with Gasteiger partial charge in [0.25, 0.3) is 0 Å². The Morgan fingerprint density at radius 2 is 1.12 bits per heavy atom. The van der Waals surface area contributed by atoms with Crippen molar-refractivity contribution >= 4 is 23.5 Å². The van der Waals surface area contributed by atoms with E-state index in [1.807, 2.05) is 0 Å². The maximum absolute atomic E-state index is 2.36. The van der Waals surface area contributed by atoms with Crippen LogP contribution in [0.2, 0.25) is 0 Å². The summed E-state index contributed by atoms with van der Waals surface area (Å²) in [4.78, 5) is 0. The van der Waals surface area contributed by atoms with Crippen LogP contribution in [0.15, 0.2) is 0 Å². The van der Waals surface area contributed by atoms with Crippen LogP contribution < -0.4 is 0 Å². The summed E-state index contributed by atoms with van der Waals surface area (Å²) in [5, 5.41) is 3.93. The molecular weight excluding hydrogens is 244 g/mol. The summed E-state index contributed by atoms with van der Waals surface area (Å²) < 4.78 is 0. The minimum Gasteiger partial charge on any atom is -0.155 e. The van der Waals surface area contributed by atoms with Gasteiger partial charge in [0, 0.05) is 21.0 Å². The first-order chi connectivity index (χ1) is 8.31. The Morgan fingerprint density at radius 3 is 1.53 bits per heavy atom. The van der Waals surface area contributed by atoms with Crippen LogP contribution >= 0.6 is 23.5 Å². The molecule has 17 heavy (non-hydrogen) atoms. The Balaban J connectivity index is 1.75. The molecule has 0 saturated carbocycles. The third kappa shape index (κ3) is 4.38. The molecule has 0 aliphatic carbocycles. The SMILES string of the molecule is CCC1CCCC(CC2CCCC(CC)S2)S1. The van der Waals surface area contributed by atoms with Crippen molar-refractivity contribution in [2.75, 3.05) is 0 Å². The van der Waals surface area contributed by atoms with Gasteiger partial charge in [0.05, 0.1) is 0 Å². The molecule has 2 aliphatic rings. The first-order valence-electron chi connectivity index (χ1n) is 7.62. The van der Waals surface area contributed by atoms with E-state index in [9.17, 15) is 0 Å². The summed E-state index contributed by atoms with van der Waals surface area (Å²) in [6.45, 7) is 4.73. The zero-order valence-corrected chi connectivity index (χ0v) is 13.1. The summed E-state index contributed by atoms with van der Waals surface area (Å²) in [6.07, 6.45) is 13.2. The second-order valence-corrected chi connectivity index (χ2v) is 8.89. The van der Waals surface area contributed by atoms with E-state index >= 15 is 0 Å². The molecule has 2 heterocycles. The van der Waals surface area contributed by atoms with Crippen molar-refractivity contribution in [1.82, 2.24) is 0 Å². The molecule has 0 bridgehead atoms. The van der Waals surface area contributed by atoms with Crippen molar-refractivity contribution in [3.8, 4) is 0 Å². The topological polar surface area (TPSA) is 0 Å². The third-order valence-corrected chi connectivity index (χ3v) is 7.84. The van der Waals surface area contributed by atoms with Crippen LogP contribution in [0.1, 0.15) is 71.6 Å². The van der Waals surface area contributed by atoms with Crippen LogP contribution in [0.5, 0.6) is 0 Å². The van der Waals surface area contributed by atoms with Crippen molar-refractivity contribution < 1.29 is 0 Å². The highest BCUT2D eigenvalue weighted by molar-refractivity contribution is 8.01. The van der Waals surface area contributed by atoms with Crippen molar-refractivity contribution in [1.29, 1.82) is 0 Å². The highest BCUT2D eigenvalue weighted by Gasteiger charge is 2.27. The summed E-state index contributed by atoms with van der Waals surface area (Å²) in [5.41, 5.74) is 0. The van der Waals surface area contributed by atoms with Gasteiger partial charge in [-0.15, -0.1) is 0 Å². The molecule has 0 amide bonds. The van der Waals surface area contributed by atoms with Crippen LogP contribution in [-0.2, 0) is 0 Å². The van der Waals surface area contributed by atoms with E-state index in [1.54, 1.807) is 0 Å². The predicted molar refractivity (Wildman–Crippen MR) is 83.2 cm³/mol. The molecule has 4 unspecified atom stereocenters. The summed E-state index contributed by atoms with van der Waals surface area (Å²) >= 11 is 4.64. The van der Waals surface area contributed by atoms with E-state index in [0.29, 0.717) is 0 Å². The van der Waals surface area contributed by atoms with E-state index in [0.717, 1.165) is 21.0 Å². The molecule has 2 fully saturated rings. The fraction of sp³-hybridized carbons (Fsp3) is 1.00. The van der Waals surface area contributed by atoms with E-state index in [1.165, 1.54) is 57.8 Å². The van der Waals surface area contributed by atoms with Crippen molar-refractivity contribution in [2.45, 2.75) is 92.6 Å². The predicted octanol–water partition coefficient (Wildman–Crippen LogP) is 5.51. The lowest BCUT2D eigenvalue weighted by atomic mass is 10.0. The highest BCUT2D eigenvalue weighted by Crippen LogP contribution is 2.41. The summed E-state index contributed by atoms with van der Waals surface area (Å²) in [6, 6.07) is 0. The fourth-order valence-electron chi connectivity index (χ4n) is 3.20. The van der Waals surface area contributed by atoms with Crippen LogP contribution in [-0.4, -0.2) is 21.0 Å². The van der Waals surface area contributed by atoms with Crippen molar-refractivity contribution in [3.05, 3.63) is 0 Å². The molecule has 0 aromatic carbocycles. The number of rotatable bonds is 4. The lowest BCUT2D eigenvalue weighted by Crippen LogP contribution is -2.24. The van der Waals surface area contributed by atoms with Gasteiger partial charge >= 0.3 is 0 Å². The molecule has 0 aromatic heterocycles. The lowest BCUT2D eigenvalue weighted by molar-refractivity contribution is 0.530. The monoisotopic (exact) mass is 272 g/mol. The number of thioether (sulfide) groups is 2. The van der Waals surface area contributed by atoms with E-state index in [2.05, 4.69) is 37.4 Å². The number of hydrogen-bond donors (Lipinski definition) is 0. The molecule has 0 nitrogen and oxygen atoms in total. The minimum absolute atomic E-state index is 0.976. The standard InChI is InChI=1S/C15H28S2/c1-3-12-7-5-9-14(16-12)11-15-10-6-8-13(4-2)17-15/h12-15H,3-11H2,1-2H3. The van der Waals surface area contributed by atoms with Gasteiger partial charge in [-0.2, -0.15) is 23.5 Å². The lowest BCUT2D eigenvalue weighted by Gasteiger charge is -2.34. The molecule has 0 radical (unpaired) electrons. The molecule has 2 saturated heterocycles. The Labute approximate surface area is 116 Å². The van der Waals surface area contributed by atoms with Gasteiger partial charge in [-0.05, 0) is 44.9 Å². The maximum Gasteiger partial charge on any atom is 0.00603 e. The quantitative estimate of drug-likeness (QED) is 0.662. The zero-order valence-electron chi connectivity index (χ0n) is 11.5. The first kappa shape index (κ1) is 14.1. The molecule has 2 aliphatic heterocycles. The molecule has 0 N–H and O–H groups in total. The fourth-order valence-corrected chi connectivity index (χ4v) is 6.70. The average Bonchev–Trinajstić information content (AvgIpc) is 2.39. The molecule has 4 atom stereocenters. The van der Waals surface area contributed by atoms with Gasteiger partial charge < -0.3 is 0 Å². The van der Waals surface area contributed by atoms with Crippen LogP contribution in [0.3, 0.4) is 0 Å². The molecule has 0 spiro atoms. The molecule has 2 rings (SSSR count). The van der Waals surface area contributed by atoms with Crippen LogP contribution in [0.4, 0.5) is 0 Å². The summed E-state index contributed by atoms with van der Waals surface area (Å²) in [5.74, 6) is 0. The normalized spacial score (nSPS) is 39.2. The van der Waals surface area contributed by atoms with E-state index in [4.69, 9.17) is 0 Å². The molecule has 2 heteroatoms. The Kier molecular flexibility index (Phi) is 6.09. The Morgan fingerprint density at radius 1 is 0.706 bits per heavy atom. The van der Waals surface area contributed by atoms with Gasteiger partial charge in [-0.3, -0.25) is 0 Å². The van der Waals surface area contributed by atoms with E-state index in [-0.39, 0.29) is 0 Å². The second-order valence-electron chi connectivity index (χ2n) is 5.67. The van der Waals surface area contributed by atoms with Crippen LogP contribution in [0, 0.1) is 0 Å². The van der Waals surface area contributed by atoms with Gasteiger partial charge in [0.2, 0.25) is 0 Å². The number of hydrogen-bond acceptors (Lipinski definition) is 2. The van der Waals surface area contributed by atoms with Gasteiger partial charge in [0.15, 0.2) is 0 Å². The maximum atomic E-state index is 2.36. The average molecular weight is 273 g/mol. The molecular formula is C15H28S2. The molecule has 100 valence electrons. The third-order valence-electron chi connectivity index (χ3n) is 4.31. The van der Waals surface area contributed by atoms with Gasteiger partial charge in [-0.1, -0.05) is 26.7 Å². The van der Waals surface area contributed by atoms with Gasteiger partial charge in [0.1, 0.15) is 0 Å². The first-order valence-corrected chi connectivity index (χ1v) is 9.51. The zero-order chi connectivity index (χ0) is 12.1. The van der Waals surface area contributed by atoms with Gasteiger partial charge in [-0.25, -0.2) is 0 Å². The second kappa shape index (κ2) is 7.33. The minimum atomic E-state index is 0.976. The van der Waals surface area contributed by atoms with Crippen molar-refractivity contribution in [3.63, 3.8) is 0 Å². The largest absolute Gasteiger partial charge is 0.155 e. The van der Waals surface area contributed by atoms with E-state index < -0.39 is 0 Å². The van der Waals surface area contributed by atoms with Crippen molar-refractivity contribution in [2.24, 2.45) is 0 Å². The highest BCUT2D eigenvalue weighted by atomic mass is 32.2. The Bertz CT molecular complexity index is 195. The Hall–Kier alpha value is 0.700. The smallest absolute Gasteiger partial charge is 0.00603 e. The summed E-state index contributed by atoms with van der Waals surface area (Å²) in [7, 11) is 0.